The third kappa shape index (κ3) is 3.46. The van der Waals surface area contributed by atoms with Crippen molar-refractivity contribution in [2.45, 2.75) is 43.1 Å². The van der Waals surface area contributed by atoms with E-state index in [1.54, 1.807) is 18.2 Å². The number of aromatic amines is 1. The van der Waals surface area contributed by atoms with Gasteiger partial charge in [-0.1, -0.05) is 37.6 Å². The summed E-state index contributed by atoms with van der Waals surface area (Å²) in [6.45, 7) is 2.13. The van der Waals surface area contributed by atoms with Crippen LogP contribution >= 0.6 is 11.6 Å². The molecule has 0 radical (unpaired) electrons. The molecule has 0 saturated heterocycles. The van der Waals surface area contributed by atoms with Gasteiger partial charge in [-0.25, -0.2) is 0 Å². The Balaban J connectivity index is 1.89. The Bertz CT molecular complexity index is 1310. The zero-order chi connectivity index (χ0) is 24.4. The largest absolute Gasteiger partial charge is 0.506 e. The Labute approximate surface area is 191 Å². The number of aromatic nitrogens is 1. The molecule has 1 aromatic heterocycles. The number of pyridine rings is 1. The second-order valence-electron chi connectivity index (χ2n) is 9.04. The fourth-order valence-corrected chi connectivity index (χ4v) is 4.99. The molecule has 0 saturated carbocycles. The van der Waals surface area contributed by atoms with Gasteiger partial charge in [0.1, 0.15) is 11.4 Å². The van der Waals surface area contributed by atoms with Gasteiger partial charge in [0.2, 0.25) is 5.56 Å². The van der Waals surface area contributed by atoms with Gasteiger partial charge in [-0.2, -0.15) is 13.2 Å². The molecule has 0 fully saturated rings. The van der Waals surface area contributed by atoms with Gasteiger partial charge in [-0.05, 0) is 41.7 Å². The number of anilines is 1. The number of hydrogen-bond acceptors (Lipinski definition) is 5. The highest BCUT2D eigenvalue weighted by Gasteiger charge is 2.71. The SMILES string of the molecule is CC1(C)CC(O)(C(F)(F)F)C(O)(CNc2cccc3[nH]c(=O)ccc23)c2ccc(Cl)c(O)c21. The number of halogens is 4. The van der Waals surface area contributed by atoms with E-state index in [9.17, 15) is 33.3 Å². The summed E-state index contributed by atoms with van der Waals surface area (Å²) < 4.78 is 42.9. The van der Waals surface area contributed by atoms with E-state index in [0.29, 0.717) is 16.6 Å². The lowest BCUT2D eigenvalue weighted by Gasteiger charge is -2.53. The molecule has 10 heteroatoms. The lowest BCUT2D eigenvalue weighted by atomic mass is 9.58. The van der Waals surface area contributed by atoms with E-state index in [0.717, 1.165) is 0 Å². The number of fused-ring (bicyclic) bond motifs is 2. The van der Waals surface area contributed by atoms with Crippen molar-refractivity contribution in [2.75, 3.05) is 11.9 Å². The molecule has 4 rings (SSSR count). The Morgan fingerprint density at radius 1 is 1.12 bits per heavy atom. The first-order valence-corrected chi connectivity index (χ1v) is 10.5. The summed E-state index contributed by atoms with van der Waals surface area (Å²) in [6.07, 6.45) is -6.11. The zero-order valence-electron chi connectivity index (χ0n) is 17.7. The van der Waals surface area contributed by atoms with E-state index in [1.807, 2.05) is 0 Å². The average Bonchev–Trinajstić information content (AvgIpc) is 2.71. The van der Waals surface area contributed by atoms with Crippen LogP contribution in [0.2, 0.25) is 5.02 Å². The lowest BCUT2D eigenvalue weighted by Crippen LogP contribution is -2.68. The van der Waals surface area contributed by atoms with E-state index in [2.05, 4.69) is 10.3 Å². The Hall–Kier alpha value is -2.75. The van der Waals surface area contributed by atoms with Crippen molar-refractivity contribution in [3.05, 3.63) is 69.0 Å². The van der Waals surface area contributed by atoms with Crippen molar-refractivity contribution < 1.29 is 28.5 Å². The molecule has 2 unspecified atom stereocenters. The molecule has 0 spiro atoms. The summed E-state index contributed by atoms with van der Waals surface area (Å²) in [5.74, 6) is -0.440. The molecule has 3 aromatic rings. The van der Waals surface area contributed by atoms with Crippen LogP contribution in [0.3, 0.4) is 0 Å². The van der Waals surface area contributed by atoms with Crippen molar-refractivity contribution >= 4 is 28.2 Å². The molecule has 33 heavy (non-hydrogen) atoms. The summed E-state index contributed by atoms with van der Waals surface area (Å²) in [5.41, 5.74) is -7.57. The Morgan fingerprint density at radius 3 is 2.48 bits per heavy atom. The smallest absolute Gasteiger partial charge is 0.420 e. The standard InChI is InChI=1S/C23H22ClF3N2O4/c1-20(2)10-22(33,23(25,26)27)21(32,13-7-8-14(24)19(31)18(13)20)11-28-15-4-3-5-16-12(15)6-9-17(30)29-16/h3-9,28,31-33H,10-11H2,1-2H3,(H,29,30). The Kier molecular flexibility index (Phi) is 5.23. The molecular formula is C23H22ClF3N2O4. The molecule has 6 nitrogen and oxygen atoms in total. The summed E-state index contributed by atoms with van der Waals surface area (Å²) in [4.78, 5) is 14.2. The first-order valence-electron chi connectivity index (χ1n) is 10.1. The molecular weight excluding hydrogens is 461 g/mol. The van der Waals surface area contributed by atoms with Crippen LogP contribution in [-0.2, 0) is 11.0 Å². The van der Waals surface area contributed by atoms with Crippen molar-refractivity contribution in [1.82, 2.24) is 4.98 Å². The number of nitrogens with one attached hydrogen (secondary N) is 2. The monoisotopic (exact) mass is 482 g/mol. The summed E-state index contributed by atoms with van der Waals surface area (Å²) in [7, 11) is 0. The number of aromatic hydroxyl groups is 1. The van der Waals surface area contributed by atoms with Gasteiger partial charge >= 0.3 is 6.18 Å². The second-order valence-corrected chi connectivity index (χ2v) is 9.45. The minimum Gasteiger partial charge on any atom is -0.506 e. The quantitative estimate of drug-likeness (QED) is 0.385. The zero-order valence-corrected chi connectivity index (χ0v) is 18.5. The fraction of sp³-hybridized carbons (Fsp3) is 0.348. The number of aliphatic hydroxyl groups is 2. The summed E-state index contributed by atoms with van der Waals surface area (Å²) in [6, 6.07) is 9.93. The molecule has 0 amide bonds. The summed E-state index contributed by atoms with van der Waals surface area (Å²) in [5, 5.41) is 36.4. The van der Waals surface area contributed by atoms with Crippen LogP contribution in [0, 0.1) is 0 Å². The second kappa shape index (κ2) is 7.38. The van der Waals surface area contributed by atoms with Crippen LogP contribution < -0.4 is 10.9 Å². The predicted octanol–water partition coefficient (Wildman–Crippen LogP) is 4.16. The maximum Gasteiger partial charge on any atom is 0.420 e. The molecule has 5 N–H and O–H groups in total. The lowest BCUT2D eigenvalue weighted by molar-refractivity contribution is -0.330. The number of rotatable bonds is 3. The van der Waals surface area contributed by atoms with E-state index in [1.165, 1.54) is 38.1 Å². The van der Waals surface area contributed by atoms with E-state index >= 15 is 0 Å². The number of phenols is 1. The van der Waals surface area contributed by atoms with Crippen molar-refractivity contribution in [1.29, 1.82) is 0 Å². The van der Waals surface area contributed by atoms with Crippen molar-refractivity contribution in [3.63, 3.8) is 0 Å². The molecule has 1 heterocycles. The normalized spacial score (nSPS) is 24.5. The van der Waals surface area contributed by atoms with Crippen LogP contribution in [0.4, 0.5) is 18.9 Å². The number of phenolic OH excluding ortho intramolecular Hbond substituents is 1. The maximum absolute atomic E-state index is 14.3. The Morgan fingerprint density at radius 2 is 1.82 bits per heavy atom. The minimum atomic E-state index is -5.20. The number of hydrogen-bond donors (Lipinski definition) is 5. The topological polar surface area (TPSA) is 106 Å². The van der Waals surface area contributed by atoms with Gasteiger partial charge in [0, 0.05) is 22.7 Å². The molecule has 1 aliphatic carbocycles. The van der Waals surface area contributed by atoms with E-state index in [4.69, 9.17) is 11.6 Å². The number of H-pyrrole nitrogens is 1. The first-order chi connectivity index (χ1) is 15.2. The number of alkyl halides is 3. The van der Waals surface area contributed by atoms with Gasteiger partial charge in [-0.3, -0.25) is 4.79 Å². The van der Waals surface area contributed by atoms with Crippen LogP contribution in [0.1, 0.15) is 31.4 Å². The maximum atomic E-state index is 14.3. The van der Waals surface area contributed by atoms with Crippen LogP contribution in [0.15, 0.2) is 47.3 Å². The fourth-order valence-electron chi connectivity index (χ4n) is 4.83. The molecule has 2 aromatic carbocycles. The van der Waals surface area contributed by atoms with Crippen LogP contribution in [0.5, 0.6) is 5.75 Å². The molecule has 0 bridgehead atoms. The van der Waals surface area contributed by atoms with E-state index < -0.39 is 41.5 Å². The third-order valence-corrected chi connectivity index (χ3v) is 6.71. The first kappa shape index (κ1) is 23.4. The highest BCUT2D eigenvalue weighted by molar-refractivity contribution is 6.32. The van der Waals surface area contributed by atoms with Crippen LogP contribution in [0.25, 0.3) is 10.9 Å². The van der Waals surface area contributed by atoms with Gasteiger partial charge in [0.15, 0.2) is 5.60 Å². The van der Waals surface area contributed by atoms with Gasteiger partial charge in [-0.15, -0.1) is 0 Å². The molecule has 176 valence electrons. The van der Waals surface area contributed by atoms with Gasteiger partial charge in [0.05, 0.1) is 17.1 Å². The predicted molar refractivity (Wildman–Crippen MR) is 119 cm³/mol. The van der Waals surface area contributed by atoms with Crippen LogP contribution in [-0.4, -0.2) is 38.6 Å². The minimum absolute atomic E-state index is 0.0375. The van der Waals surface area contributed by atoms with Crippen molar-refractivity contribution in [2.24, 2.45) is 0 Å². The molecule has 2 atom stereocenters. The van der Waals surface area contributed by atoms with E-state index in [-0.39, 0.29) is 21.7 Å². The molecule has 0 aliphatic heterocycles. The highest BCUT2D eigenvalue weighted by Crippen LogP contribution is 2.58. The molecule has 1 aliphatic rings. The van der Waals surface area contributed by atoms with Gasteiger partial charge in [0.25, 0.3) is 0 Å². The average molecular weight is 483 g/mol. The van der Waals surface area contributed by atoms with Crippen molar-refractivity contribution in [3.8, 4) is 5.75 Å². The summed E-state index contributed by atoms with van der Waals surface area (Å²) >= 11 is 6.02. The third-order valence-electron chi connectivity index (χ3n) is 6.40. The van der Waals surface area contributed by atoms with Gasteiger partial charge < -0.3 is 25.6 Å². The number of benzene rings is 2. The highest BCUT2D eigenvalue weighted by atomic mass is 35.5.